The summed E-state index contributed by atoms with van der Waals surface area (Å²) < 4.78 is 0. The van der Waals surface area contributed by atoms with Crippen molar-refractivity contribution in [3.8, 4) is 0 Å². The lowest BCUT2D eigenvalue weighted by atomic mass is 9.99. The van der Waals surface area contributed by atoms with Gasteiger partial charge in [0.2, 0.25) is 11.8 Å². The fourth-order valence-electron chi connectivity index (χ4n) is 5.11. The molecule has 204 valence electrons. The Labute approximate surface area is 234 Å². The first-order valence-electron chi connectivity index (χ1n) is 13.4. The summed E-state index contributed by atoms with van der Waals surface area (Å²) in [4.78, 5) is 48.5. The molecule has 3 aromatic carbocycles. The number of carbonyl (C=O) groups is 3. The molecule has 1 aliphatic rings. The summed E-state index contributed by atoms with van der Waals surface area (Å²) in [5.74, 6) is -0.766. The molecule has 40 heavy (non-hydrogen) atoms. The van der Waals surface area contributed by atoms with E-state index in [-0.39, 0.29) is 30.7 Å². The van der Waals surface area contributed by atoms with Gasteiger partial charge in [0.1, 0.15) is 6.04 Å². The molecule has 2 N–H and O–H groups in total. The third-order valence-corrected chi connectivity index (χ3v) is 7.51. The molecule has 0 fully saturated rings. The molecule has 8 heteroatoms. The van der Waals surface area contributed by atoms with Gasteiger partial charge in [-0.1, -0.05) is 54.6 Å². The maximum atomic E-state index is 14.3. The fraction of sp³-hybridized carbons (Fsp3) is 0.250. The number of aryl methyl sites for hydroxylation is 1. The fourth-order valence-corrected chi connectivity index (χ4v) is 5.11. The van der Waals surface area contributed by atoms with Gasteiger partial charge in [-0.25, -0.2) is 0 Å². The number of nitrogens with one attached hydrogen (secondary N) is 2. The number of nitrogens with zero attached hydrogens (tertiary/aromatic N) is 3. The lowest BCUT2D eigenvalue weighted by molar-refractivity contribution is -0.128. The van der Waals surface area contributed by atoms with Crippen LogP contribution in [0.2, 0.25) is 0 Å². The highest BCUT2D eigenvalue weighted by molar-refractivity contribution is 6.08. The zero-order chi connectivity index (χ0) is 28.2. The van der Waals surface area contributed by atoms with E-state index < -0.39 is 12.1 Å². The molecule has 3 amide bonds. The molecule has 0 saturated heterocycles. The summed E-state index contributed by atoms with van der Waals surface area (Å²) in [6.07, 6.45) is 3.44. The second-order valence-corrected chi connectivity index (χ2v) is 10.1. The van der Waals surface area contributed by atoms with Crippen molar-refractivity contribution >= 4 is 39.9 Å². The minimum Gasteiger partial charge on any atom is -0.341 e. The predicted octanol–water partition coefficient (Wildman–Crippen LogP) is 3.76. The SMILES string of the molecule is CN[C@@H](C)C(=O)N[C@H]1CN(C(=O)Cc2cccnc2)c2ccccc2N(Cc2c(C)ccc3ccccc23)C1=O. The standard InChI is InChI=1S/C32H33N5O3/c1-21-14-15-24-10-4-5-11-25(24)26(21)19-37-29-13-7-6-12-28(29)36(30(38)17-23-9-8-16-34-18-23)20-27(32(37)40)35-31(39)22(2)33-3/h4-16,18,22,27,33H,17,19-20H2,1-3H3,(H,35,39)/t22-,27-/m0/s1. The van der Waals surface area contributed by atoms with Gasteiger partial charge in [-0.15, -0.1) is 0 Å². The van der Waals surface area contributed by atoms with E-state index in [9.17, 15) is 14.4 Å². The number of hydrogen-bond acceptors (Lipinski definition) is 5. The number of aromatic nitrogens is 1. The lowest BCUT2D eigenvalue weighted by Crippen LogP contribution is -2.55. The van der Waals surface area contributed by atoms with Crippen LogP contribution in [0, 0.1) is 6.92 Å². The van der Waals surface area contributed by atoms with E-state index in [1.807, 2.05) is 49.4 Å². The van der Waals surface area contributed by atoms with Crippen molar-refractivity contribution in [1.29, 1.82) is 0 Å². The van der Waals surface area contributed by atoms with E-state index in [0.29, 0.717) is 17.9 Å². The molecule has 5 rings (SSSR count). The van der Waals surface area contributed by atoms with Gasteiger partial charge in [0.15, 0.2) is 0 Å². The van der Waals surface area contributed by atoms with Crippen LogP contribution < -0.4 is 20.4 Å². The van der Waals surface area contributed by atoms with Crippen LogP contribution in [0.3, 0.4) is 0 Å². The number of benzene rings is 3. The highest BCUT2D eigenvalue weighted by Crippen LogP contribution is 2.36. The topological polar surface area (TPSA) is 94.6 Å². The van der Waals surface area contributed by atoms with Crippen molar-refractivity contribution in [2.75, 3.05) is 23.4 Å². The average Bonchev–Trinajstić information content (AvgIpc) is 3.09. The molecule has 2 atom stereocenters. The maximum absolute atomic E-state index is 14.3. The summed E-state index contributed by atoms with van der Waals surface area (Å²) in [5.41, 5.74) is 4.10. The molecule has 8 nitrogen and oxygen atoms in total. The zero-order valence-corrected chi connectivity index (χ0v) is 22.9. The Hall–Kier alpha value is -4.56. The first-order valence-corrected chi connectivity index (χ1v) is 13.4. The largest absolute Gasteiger partial charge is 0.341 e. The van der Waals surface area contributed by atoms with Gasteiger partial charge in [-0.2, -0.15) is 0 Å². The quantitative estimate of drug-likeness (QED) is 0.376. The van der Waals surface area contributed by atoms with Gasteiger partial charge >= 0.3 is 0 Å². The Morgan fingerprint density at radius 2 is 1.75 bits per heavy atom. The smallest absolute Gasteiger partial charge is 0.251 e. The van der Waals surface area contributed by atoms with Crippen LogP contribution in [-0.4, -0.2) is 48.4 Å². The van der Waals surface area contributed by atoms with E-state index >= 15 is 0 Å². The third-order valence-electron chi connectivity index (χ3n) is 7.51. The third kappa shape index (κ3) is 5.44. The molecule has 0 radical (unpaired) electrons. The first kappa shape index (κ1) is 27.0. The normalized spacial score (nSPS) is 15.9. The summed E-state index contributed by atoms with van der Waals surface area (Å²) in [7, 11) is 1.69. The van der Waals surface area contributed by atoms with E-state index in [1.54, 1.807) is 42.2 Å². The Kier molecular flexibility index (Phi) is 7.89. The number of fused-ring (bicyclic) bond motifs is 2. The van der Waals surface area contributed by atoms with Crippen LogP contribution in [0.4, 0.5) is 11.4 Å². The van der Waals surface area contributed by atoms with Gasteiger partial charge in [0, 0.05) is 12.4 Å². The van der Waals surface area contributed by atoms with E-state index in [2.05, 4.69) is 39.9 Å². The van der Waals surface area contributed by atoms with Crippen molar-refractivity contribution < 1.29 is 14.4 Å². The number of likely N-dealkylation sites (N-methyl/N-ethyl adjacent to an activating group) is 1. The molecule has 1 aliphatic heterocycles. The van der Waals surface area contributed by atoms with Crippen molar-refractivity contribution in [2.45, 2.75) is 38.9 Å². The van der Waals surface area contributed by atoms with Crippen molar-refractivity contribution in [2.24, 2.45) is 0 Å². The molecular formula is C32H33N5O3. The van der Waals surface area contributed by atoms with E-state index in [4.69, 9.17) is 0 Å². The molecule has 0 aliphatic carbocycles. The molecule has 0 unspecified atom stereocenters. The molecule has 1 aromatic heterocycles. The Balaban J connectivity index is 1.60. The number of rotatable bonds is 7. The van der Waals surface area contributed by atoms with Gasteiger partial charge in [0.05, 0.1) is 36.9 Å². The second kappa shape index (κ2) is 11.7. The van der Waals surface area contributed by atoms with E-state index in [0.717, 1.165) is 27.5 Å². The van der Waals surface area contributed by atoms with Gasteiger partial charge in [-0.3, -0.25) is 19.4 Å². The van der Waals surface area contributed by atoms with Crippen molar-refractivity contribution in [1.82, 2.24) is 15.6 Å². The minimum absolute atomic E-state index is 0.0160. The Morgan fingerprint density at radius 3 is 2.50 bits per heavy atom. The van der Waals surface area contributed by atoms with Crippen LogP contribution in [0.25, 0.3) is 10.8 Å². The van der Waals surface area contributed by atoms with Crippen molar-refractivity contribution in [3.63, 3.8) is 0 Å². The molecule has 0 bridgehead atoms. The Morgan fingerprint density at radius 1 is 1.00 bits per heavy atom. The summed E-state index contributed by atoms with van der Waals surface area (Å²) in [6.45, 7) is 4.07. The molecular weight excluding hydrogens is 502 g/mol. The van der Waals surface area contributed by atoms with Crippen LogP contribution >= 0.6 is 0 Å². The molecule has 0 spiro atoms. The highest BCUT2D eigenvalue weighted by Gasteiger charge is 2.37. The van der Waals surface area contributed by atoms with Crippen molar-refractivity contribution in [3.05, 3.63) is 102 Å². The molecule has 2 heterocycles. The highest BCUT2D eigenvalue weighted by atomic mass is 16.2. The molecule has 4 aromatic rings. The average molecular weight is 536 g/mol. The monoisotopic (exact) mass is 535 g/mol. The second-order valence-electron chi connectivity index (χ2n) is 10.1. The van der Waals surface area contributed by atoms with Crippen LogP contribution in [0.1, 0.15) is 23.6 Å². The summed E-state index contributed by atoms with van der Waals surface area (Å²) >= 11 is 0. The van der Waals surface area contributed by atoms with Crippen LogP contribution in [-0.2, 0) is 27.3 Å². The van der Waals surface area contributed by atoms with Crippen LogP contribution in [0.15, 0.2) is 85.2 Å². The van der Waals surface area contributed by atoms with Gasteiger partial charge in [0.25, 0.3) is 5.91 Å². The van der Waals surface area contributed by atoms with Crippen LogP contribution in [0.5, 0.6) is 0 Å². The van der Waals surface area contributed by atoms with Gasteiger partial charge in [-0.05, 0) is 66.6 Å². The number of carbonyl (C=O) groups excluding carboxylic acids is 3. The maximum Gasteiger partial charge on any atom is 0.251 e. The predicted molar refractivity (Wildman–Crippen MR) is 157 cm³/mol. The zero-order valence-electron chi connectivity index (χ0n) is 22.9. The number of pyridine rings is 1. The lowest BCUT2D eigenvalue weighted by Gasteiger charge is -2.27. The molecule has 0 saturated carbocycles. The minimum atomic E-state index is -0.941. The van der Waals surface area contributed by atoms with Gasteiger partial charge < -0.3 is 20.4 Å². The van der Waals surface area contributed by atoms with E-state index in [1.165, 1.54) is 0 Å². The summed E-state index contributed by atoms with van der Waals surface area (Å²) in [6, 6.07) is 21.9. The number of hydrogen-bond donors (Lipinski definition) is 2. The number of anilines is 2. The number of amides is 3. The Bertz CT molecular complexity index is 1550. The summed E-state index contributed by atoms with van der Waals surface area (Å²) in [5, 5.41) is 7.98. The first-order chi connectivity index (χ1) is 19.4. The number of para-hydroxylation sites is 2.